The summed E-state index contributed by atoms with van der Waals surface area (Å²) >= 11 is 0. The number of amides is 1. The lowest BCUT2D eigenvalue weighted by atomic mass is 9.83. The van der Waals surface area contributed by atoms with Crippen LogP contribution in [0.15, 0.2) is 30.5 Å². The van der Waals surface area contributed by atoms with E-state index in [4.69, 9.17) is 9.47 Å². The van der Waals surface area contributed by atoms with Crippen LogP contribution in [0.1, 0.15) is 48.3 Å². The molecule has 6 rings (SSSR count). The Bertz CT molecular complexity index is 1330. The van der Waals surface area contributed by atoms with E-state index in [-0.39, 0.29) is 28.7 Å². The van der Waals surface area contributed by atoms with Crippen molar-refractivity contribution in [2.45, 2.75) is 45.1 Å². The highest BCUT2D eigenvalue weighted by molar-refractivity contribution is 6.07. The number of carbonyl (C=O) groups excluding carboxylic acids is 1. The molecule has 0 radical (unpaired) electrons. The number of halogens is 1. The summed E-state index contributed by atoms with van der Waals surface area (Å²) in [4.78, 5) is 20.8. The smallest absolute Gasteiger partial charge is 0.358 e. The van der Waals surface area contributed by atoms with Crippen molar-refractivity contribution >= 4 is 17.3 Å². The number of anilines is 2. The van der Waals surface area contributed by atoms with Gasteiger partial charge >= 0.3 is 12.4 Å². The Kier molecular flexibility index (Phi) is 4.84. The Labute approximate surface area is 203 Å². The molecule has 1 aliphatic carbocycles. The minimum atomic E-state index is -0.312. The van der Waals surface area contributed by atoms with Crippen LogP contribution < -0.4 is 20.4 Å². The van der Waals surface area contributed by atoms with Crippen LogP contribution in [0.2, 0.25) is 0 Å². The van der Waals surface area contributed by atoms with E-state index in [1.165, 1.54) is 6.07 Å². The molecule has 2 fully saturated rings. The first-order valence-corrected chi connectivity index (χ1v) is 12.0. The molecule has 1 atom stereocenters. The van der Waals surface area contributed by atoms with E-state index in [0.29, 0.717) is 53.7 Å². The van der Waals surface area contributed by atoms with Gasteiger partial charge in [0, 0.05) is 40.4 Å². The zero-order chi connectivity index (χ0) is 24.4. The van der Waals surface area contributed by atoms with Crippen molar-refractivity contribution in [3.63, 3.8) is 0 Å². The van der Waals surface area contributed by atoms with Gasteiger partial charge in [-0.2, -0.15) is 0 Å². The van der Waals surface area contributed by atoms with Crippen molar-refractivity contribution in [2.75, 3.05) is 25.1 Å². The average Bonchev–Trinajstić information content (AvgIpc) is 3.52. The van der Waals surface area contributed by atoms with Crippen LogP contribution in [0, 0.1) is 24.4 Å². The summed E-state index contributed by atoms with van der Waals surface area (Å²) in [6.45, 7) is 7.69. The van der Waals surface area contributed by atoms with Crippen molar-refractivity contribution in [3.8, 4) is 17.0 Å². The van der Waals surface area contributed by atoms with Crippen molar-refractivity contribution < 1.29 is 23.6 Å². The van der Waals surface area contributed by atoms with Gasteiger partial charge in [-0.3, -0.25) is 4.79 Å². The monoisotopic (exact) mass is 475 g/mol. The number of H-pyrrole nitrogens is 1. The van der Waals surface area contributed by atoms with E-state index in [1.807, 2.05) is 6.07 Å². The van der Waals surface area contributed by atoms with Crippen molar-refractivity contribution in [1.82, 2.24) is 10.3 Å². The van der Waals surface area contributed by atoms with Gasteiger partial charge in [0.25, 0.3) is 11.7 Å². The van der Waals surface area contributed by atoms with Gasteiger partial charge in [-0.1, -0.05) is 19.9 Å². The molecular formula is C27H28FN4O3+. The Morgan fingerprint density at radius 1 is 1.31 bits per heavy atom. The fourth-order valence-corrected chi connectivity index (χ4v) is 4.95. The average molecular weight is 476 g/mol. The Morgan fingerprint density at radius 3 is 2.86 bits per heavy atom. The molecule has 3 aliphatic rings. The first kappa shape index (κ1) is 21.9. The molecule has 7 nitrogen and oxygen atoms in total. The van der Waals surface area contributed by atoms with Gasteiger partial charge in [0.15, 0.2) is 0 Å². The number of ether oxygens (including phenoxy) is 2. The molecular weight excluding hydrogens is 447 g/mol. The van der Waals surface area contributed by atoms with Crippen LogP contribution in [0.25, 0.3) is 11.3 Å². The summed E-state index contributed by atoms with van der Waals surface area (Å²) in [5, 5.41) is 6.41. The molecule has 3 N–H and O–H groups in total. The van der Waals surface area contributed by atoms with E-state index in [2.05, 4.69) is 40.6 Å². The molecule has 3 aromatic rings. The molecule has 180 valence electrons. The van der Waals surface area contributed by atoms with Crippen molar-refractivity contribution in [3.05, 3.63) is 59.3 Å². The lowest BCUT2D eigenvalue weighted by Gasteiger charge is -2.43. The minimum Gasteiger partial charge on any atom is -0.477 e. The SMILES string of the molecule is Cc1c(F)cccc1Nc1c(-c2cc[n+]#cc2OCC2OCC2(C)C)[nH]c2c1C(=O)NCC21CC1. The first-order chi connectivity index (χ1) is 16.8. The number of hydrogen-bond acceptors (Lipinski definition) is 4. The Hall–Kier alpha value is -3.57. The topological polar surface area (TPSA) is 89.5 Å². The van der Waals surface area contributed by atoms with Crippen LogP contribution in [0.4, 0.5) is 15.8 Å². The third kappa shape index (κ3) is 3.53. The van der Waals surface area contributed by atoms with Gasteiger partial charge in [-0.05, 0) is 36.9 Å². The fraction of sp³-hybridized carbons (Fsp3) is 0.407. The zero-order valence-electron chi connectivity index (χ0n) is 20.0. The molecule has 35 heavy (non-hydrogen) atoms. The number of aromatic amines is 1. The summed E-state index contributed by atoms with van der Waals surface area (Å²) in [5.74, 6) is 0.0109. The highest BCUT2D eigenvalue weighted by atomic mass is 19.1. The predicted octanol–water partition coefficient (Wildman–Crippen LogP) is 3.85. The Morgan fingerprint density at radius 2 is 2.14 bits per heavy atom. The van der Waals surface area contributed by atoms with Gasteiger partial charge in [-0.25, -0.2) is 4.39 Å². The van der Waals surface area contributed by atoms with E-state index >= 15 is 0 Å². The van der Waals surface area contributed by atoms with Crippen molar-refractivity contribution in [2.24, 2.45) is 5.41 Å². The number of fused-ring (bicyclic) bond motifs is 2. The van der Waals surface area contributed by atoms with Gasteiger partial charge in [0.1, 0.15) is 12.4 Å². The van der Waals surface area contributed by atoms with Crippen LogP contribution in [-0.4, -0.2) is 36.8 Å². The number of nitrogens with zero attached hydrogens (tertiary/aromatic N) is 1. The second-order valence-electron chi connectivity index (χ2n) is 10.5. The largest absolute Gasteiger partial charge is 0.477 e. The minimum absolute atomic E-state index is 0.0196. The maximum absolute atomic E-state index is 14.3. The van der Waals surface area contributed by atoms with Gasteiger partial charge < -0.3 is 25.1 Å². The number of carbonyl (C=O) groups is 1. The normalized spacial score (nSPS) is 20.9. The maximum atomic E-state index is 14.3. The number of hydrogen-bond donors (Lipinski definition) is 3. The molecule has 2 aliphatic heterocycles. The maximum Gasteiger partial charge on any atom is 0.358 e. The summed E-state index contributed by atoms with van der Waals surface area (Å²) in [7, 11) is 0. The molecule has 1 spiro atoms. The second kappa shape index (κ2) is 7.72. The summed E-state index contributed by atoms with van der Waals surface area (Å²) in [6.07, 6.45) is 6.60. The molecule has 2 aromatic heterocycles. The number of benzene rings is 1. The van der Waals surface area contributed by atoms with E-state index in [1.54, 1.807) is 25.3 Å². The predicted molar refractivity (Wildman–Crippen MR) is 127 cm³/mol. The van der Waals surface area contributed by atoms with E-state index < -0.39 is 0 Å². The molecule has 1 unspecified atom stereocenters. The molecule has 8 heteroatoms. The quantitative estimate of drug-likeness (QED) is 0.504. The molecule has 0 bridgehead atoms. The summed E-state index contributed by atoms with van der Waals surface area (Å²) in [6, 6.07) is 6.73. The van der Waals surface area contributed by atoms with Crippen LogP contribution in [0.5, 0.6) is 5.75 Å². The highest BCUT2D eigenvalue weighted by Crippen LogP contribution is 2.53. The molecule has 1 aromatic carbocycles. The van der Waals surface area contributed by atoms with Gasteiger partial charge in [-0.15, -0.1) is 0 Å². The number of rotatable bonds is 6. The van der Waals surface area contributed by atoms with E-state index in [9.17, 15) is 9.18 Å². The molecule has 1 saturated heterocycles. The van der Waals surface area contributed by atoms with Crippen LogP contribution in [-0.2, 0) is 10.2 Å². The Balaban J connectivity index is 1.45. The van der Waals surface area contributed by atoms with Gasteiger partial charge in [0.05, 0.1) is 35.2 Å². The number of aromatic nitrogens is 2. The molecule has 4 heterocycles. The lowest BCUT2D eigenvalue weighted by Crippen LogP contribution is -2.50. The highest BCUT2D eigenvalue weighted by Gasteiger charge is 2.52. The third-order valence-corrected chi connectivity index (χ3v) is 7.63. The second-order valence-corrected chi connectivity index (χ2v) is 10.5. The van der Waals surface area contributed by atoms with Crippen molar-refractivity contribution in [1.29, 1.82) is 0 Å². The van der Waals surface area contributed by atoms with Gasteiger partial charge in [0.2, 0.25) is 0 Å². The standard InChI is InChI=1S/C27H27FN4O3/c1-15-17(28)5-4-6-18(15)31-23-21-24(27(8-9-27)13-30-25(21)33)32-22(23)16-7-10-29-11-19(16)34-12-20-26(2,3)14-35-20/h4-7,10,20H,8-9,12-14H2,1-3H3,(H2,30,31,32,33)/p+1. The molecule has 1 saturated carbocycles. The van der Waals surface area contributed by atoms with E-state index in [0.717, 1.165) is 24.1 Å². The third-order valence-electron chi connectivity index (χ3n) is 7.63. The lowest BCUT2D eigenvalue weighted by molar-refractivity contribution is -0.294. The van der Waals surface area contributed by atoms with Crippen LogP contribution in [0.3, 0.4) is 0 Å². The molecule has 1 amide bonds. The number of nitrogens with one attached hydrogen (secondary N) is 3. The summed E-state index contributed by atoms with van der Waals surface area (Å²) in [5.41, 5.74) is 4.55. The zero-order valence-corrected chi connectivity index (χ0v) is 20.0. The fourth-order valence-electron chi connectivity index (χ4n) is 4.95. The first-order valence-electron chi connectivity index (χ1n) is 12.0. The summed E-state index contributed by atoms with van der Waals surface area (Å²) < 4.78 is 26.2. The van der Waals surface area contributed by atoms with Crippen LogP contribution >= 0.6 is 0 Å².